The van der Waals surface area contributed by atoms with Crippen LogP contribution in [0.25, 0.3) is 6.08 Å². The van der Waals surface area contributed by atoms with Gasteiger partial charge in [-0.2, -0.15) is 4.31 Å². The number of benzene rings is 2. The second-order valence-electron chi connectivity index (χ2n) is 6.44. The molecule has 1 heterocycles. The zero-order valence-corrected chi connectivity index (χ0v) is 15.1. The molecular formula is C20H23NO3S. The van der Waals surface area contributed by atoms with Crippen molar-refractivity contribution < 1.29 is 13.5 Å². The summed E-state index contributed by atoms with van der Waals surface area (Å²) in [6.45, 7) is 2.25. The first kappa shape index (κ1) is 17.9. The van der Waals surface area contributed by atoms with Crippen LogP contribution in [0.1, 0.15) is 24.0 Å². The highest BCUT2D eigenvalue weighted by Gasteiger charge is 2.35. The number of aryl methyl sites for hydroxylation is 1. The summed E-state index contributed by atoms with van der Waals surface area (Å²) < 4.78 is 27.6. The Hall–Kier alpha value is -1.95. The summed E-state index contributed by atoms with van der Waals surface area (Å²) in [5.41, 5.74) is 2.03. The normalized spacial score (nSPS) is 22.3. The quantitative estimate of drug-likeness (QED) is 0.914. The molecule has 2 aromatic rings. The molecule has 1 fully saturated rings. The van der Waals surface area contributed by atoms with Gasteiger partial charge in [-0.3, -0.25) is 0 Å². The van der Waals surface area contributed by atoms with Crippen LogP contribution in [0.5, 0.6) is 0 Å². The average molecular weight is 357 g/mol. The number of sulfonamides is 1. The predicted molar refractivity (Wildman–Crippen MR) is 99.6 cm³/mol. The number of aliphatic hydroxyl groups excluding tert-OH is 1. The molecular weight excluding hydrogens is 334 g/mol. The van der Waals surface area contributed by atoms with Gasteiger partial charge in [-0.1, -0.05) is 60.2 Å². The minimum absolute atomic E-state index is 0.299. The Morgan fingerprint density at radius 3 is 2.44 bits per heavy atom. The molecule has 1 aliphatic heterocycles. The Morgan fingerprint density at radius 1 is 1.08 bits per heavy atom. The first-order valence-electron chi connectivity index (χ1n) is 8.46. The molecule has 1 aliphatic rings. The highest BCUT2D eigenvalue weighted by molar-refractivity contribution is 7.89. The van der Waals surface area contributed by atoms with Crippen LogP contribution < -0.4 is 0 Å². The molecule has 0 saturated carbocycles. The maximum Gasteiger partial charge on any atom is 0.243 e. The van der Waals surface area contributed by atoms with Gasteiger partial charge in [-0.15, -0.1) is 0 Å². The van der Waals surface area contributed by atoms with Crippen LogP contribution in [0, 0.1) is 6.92 Å². The zero-order valence-electron chi connectivity index (χ0n) is 14.2. The van der Waals surface area contributed by atoms with Gasteiger partial charge in [0.15, 0.2) is 0 Å². The molecule has 0 bridgehead atoms. The van der Waals surface area contributed by atoms with E-state index in [2.05, 4.69) is 0 Å². The van der Waals surface area contributed by atoms with E-state index in [9.17, 15) is 13.5 Å². The highest BCUT2D eigenvalue weighted by Crippen LogP contribution is 2.27. The molecule has 0 radical (unpaired) electrons. The summed E-state index contributed by atoms with van der Waals surface area (Å²) in [5.74, 6) is 0. The number of piperidine rings is 1. The molecule has 2 aromatic carbocycles. The summed E-state index contributed by atoms with van der Waals surface area (Å²) >= 11 is 0. The lowest BCUT2D eigenvalue weighted by molar-refractivity contribution is 0.0947. The monoisotopic (exact) mass is 357 g/mol. The Morgan fingerprint density at radius 2 is 1.76 bits per heavy atom. The van der Waals surface area contributed by atoms with Crippen LogP contribution in [-0.4, -0.2) is 36.5 Å². The Bertz CT molecular complexity index is 829. The van der Waals surface area contributed by atoms with Crippen molar-refractivity contribution in [3.63, 3.8) is 0 Å². The summed E-state index contributed by atoms with van der Waals surface area (Å²) in [6.07, 6.45) is 4.19. The molecule has 4 nitrogen and oxygen atoms in total. The van der Waals surface area contributed by atoms with E-state index in [-0.39, 0.29) is 6.04 Å². The van der Waals surface area contributed by atoms with Crippen molar-refractivity contribution in [2.45, 2.75) is 36.8 Å². The number of hydrogen-bond acceptors (Lipinski definition) is 3. The Balaban J connectivity index is 1.89. The van der Waals surface area contributed by atoms with Gasteiger partial charge < -0.3 is 5.11 Å². The van der Waals surface area contributed by atoms with Crippen molar-refractivity contribution in [3.05, 3.63) is 71.8 Å². The lowest BCUT2D eigenvalue weighted by Crippen LogP contribution is -2.46. The smallest absolute Gasteiger partial charge is 0.243 e. The predicted octanol–water partition coefficient (Wildman–Crippen LogP) is 3.22. The van der Waals surface area contributed by atoms with Gasteiger partial charge in [0, 0.05) is 12.6 Å². The summed E-state index contributed by atoms with van der Waals surface area (Å²) in [5, 5.41) is 10.0. The molecule has 25 heavy (non-hydrogen) atoms. The lowest BCUT2D eigenvalue weighted by atomic mass is 10.0. The number of nitrogens with zero attached hydrogens (tertiary/aromatic N) is 1. The molecule has 0 unspecified atom stereocenters. The van der Waals surface area contributed by atoms with E-state index in [1.54, 1.807) is 24.3 Å². The van der Waals surface area contributed by atoms with Crippen molar-refractivity contribution in [1.82, 2.24) is 4.31 Å². The Kier molecular flexibility index (Phi) is 5.37. The van der Waals surface area contributed by atoms with E-state index in [1.165, 1.54) is 4.31 Å². The topological polar surface area (TPSA) is 57.6 Å². The van der Waals surface area contributed by atoms with Crippen LogP contribution >= 0.6 is 0 Å². The van der Waals surface area contributed by atoms with Crippen molar-refractivity contribution >= 4 is 16.1 Å². The van der Waals surface area contributed by atoms with Crippen LogP contribution in [-0.2, 0) is 10.0 Å². The number of aliphatic hydroxyl groups is 1. The molecule has 0 aliphatic carbocycles. The minimum atomic E-state index is -3.58. The van der Waals surface area contributed by atoms with Gasteiger partial charge in [-0.25, -0.2) is 8.42 Å². The molecule has 1 saturated heterocycles. The molecule has 3 rings (SSSR count). The van der Waals surface area contributed by atoms with Gasteiger partial charge in [0.2, 0.25) is 10.0 Å². The van der Waals surface area contributed by atoms with Gasteiger partial charge in [0.1, 0.15) is 0 Å². The first-order valence-corrected chi connectivity index (χ1v) is 9.90. The molecule has 2 atom stereocenters. The second-order valence-corrected chi connectivity index (χ2v) is 8.33. The maximum atomic E-state index is 13.0. The second kappa shape index (κ2) is 7.52. The van der Waals surface area contributed by atoms with Crippen LogP contribution in [0.2, 0.25) is 0 Å². The third-order valence-electron chi connectivity index (χ3n) is 4.50. The third kappa shape index (κ3) is 4.18. The molecule has 0 spiro atoms. The van der Waals surface area contributed by atoms with Crippen LogP contribution in [0.4, 0.5) is 0 Å². The van der Waals surface area contributed by atoms with Crippen LogP contribution in [0.3, 0.4) is 0 Å². The Labute approximate surface area is 149 Å². The number of rotatable bonds is 4. The standard InChI is InChI=1S/C20H23NO3S/c1-16-7-11-20(12-8-16)25(23,24)21-14-13-19(22)15-18(21)10-9-17-5-3-2-4-6-17/h2-12,18-19,22H,13-15H2,1H3/b10-9+/t18-,19+/m1/s1. The number of hydrogen-bond donors (Lipinski definition) is 1. The summed E-state index contributed by atoms with van der Waals surface area (Å²) in [7, 11) is -3.58. The van der Waals surface area contributed by atoms with Crippen LogP contribution in [0.15, 0.2) is 65.6 Å². The maximum absolute atomic E-state index is 13.0. The largest absolute Gasteiger partial charge is 0.393 e. The average Bonchev–Trinajstić information content (AvgIpc) is 2.61. The van der Waals surface area contributed by atoms with Crippen molar-refractivity contribution in [1.29, 1.82) is 0 Å². The molecule has 0 aromatic heterocycles. The zero-order chi connectivity index (χ0) is 17.9. The van der Waals surface area contributed by atoms with Crippen molar-refractivity contribution in [3.8, 4) is 0 Å². The van der Waals surface area contributed by atoms with Crippen molar-refractivity contribution in [2.75, 3.05) is 6.54 Å². The minimum Gasteiger partial charge on any atom is -0.393 e. The van der Waals surface area contributed by atoms with E-state index < -0.39 is 16.1 Å². The molecule has 132 valence electrons. The SMILES string of the molecule is Cc1ccc(S(=O)(=O)N2CC[C@H](O)C[C@H]2/C=C/c2ccccc2)cc1. The third-order valence-corrected chi connectivity index (χ3v) is 6.44. The van der Waals surface area contributed by atoms with E-state index in [0.717, 1.165) is 11.1 Å². The fraction of sp³-hybridized carbons (Fsp3) is 0.300. The summed E-state index contributed by atoms with van der Waals surface area (Å²) in [4.78, 5) is 0.299. The van der Waals surface area contributed by atoms with E-state index >= 15 is 0 Å². The molecule has 0 amide bonds. The lowest BCUT2D eigenvalue weighted by Gasteiger charge is -2.35. The van der Waals surface area contributed by atoms with E-state index in [4.69, 9.17) is 0 Å². The first-order chi connectivity index (χ1) is 12.0. The molecule has 5 heteroatoms. The van der Waals surface area contributed by atoms with Crippen molar-refractivity contribution in [2.24, 2.45) is 0 Å². The highest BCUT2D eigenvalue weighted by atomic mass is 32.2. The van der Waals surface area contributed by atoms with E-state index in [1.807, 2.05) is 49.4 Å². The van der Waals surface area contributed by atoms with Gasteiger partial charge in [0.25, 0.3) is 0 Å². The molecule has 1 N–H and O–H groups in total. The fourth-order valence-corrected chi connectivity index (χ4v) is 4.67. The fourth-order valence-electron chi connectivity index (χ4n) is 3.06. The summed E-state index contributed by atoms with van der Waals surface area (Å²) in [6, 6.07) is 16.3. The van der Waals surface area contributed by atoms with E-state index in [0.29, 0.717) is 24.3 Å². The van der Waals surface area contributed by atoms with Gasteiger partial charge in [-0.05, 0) is 37.5 Å². The van der Waals surface area contributed by atoms with Gasteiger partial charge in [0.05, 0.1) is 11.0 Å². The van der Waals surface area contributed by atoms with Gasteiger partial charge >= 0.3 is 0 Å².